The Hall–Kier alpha value is -1.50. The molecule has 0 amide bonds. The maximum absolute atomic E-state index is 10.9. The van der Waals surface area contributed by atoms with E-state index in [0.717, 1.165) is 18.7 Å². The molecule has 2 N–H and O–H groups in total. The Morgan fingerprint density at radius 1 is 1.39 bits per heavy atom. The molecule has 6 nitrogen and oxygen atoms in total. The molecule has 1 aromatic heterocycles. The Morgan fingerprint density at radius 2 is 2.17 bits per heavy atom. The van der Waals surface area contributed by atoms with Crippen molar-refractivity contribution in [2.45, 2.75) is 13.3 Å². The molecule has 1 heterocycles. The van der Waals surface area contributed by atoms with Gasteiger partial charge in [0.2, 0.25) is 5.82 Å². The molecule has 0 aliphatic rings. The Morgan fingerprint density at radius 3 is 2.78 bits per heavy atom. The lowest BCUT2D eigenvalue weighted by molar-refractivity contribution is -0.384. The van der Waals surface area contributed by atoms with E-state index in [4.69, 9.17) is 0 Å². The van der Waals surface area contributed by atoms with Crippen molar-refractivity contribution in [1.82, 2.24) is 4.98 Å². The number of hydrogen-bond acceptors (Lipinski definition) is 6. The maximum atomic E-state index is 10.9. The van der Waals surface area contributed by atoms with E-state index < -0.39 is 4.92 Å². The highest BCUT2D eigenvalue weighted by Crippen LogP contribution is 2.23. The molecule has 18 heavy (non-hydrogen) atoms. The van der Waals surface area contributed by atoms with E-state index in [0.29, 0.717) is 18.2 Å². The quantitative estimate of drug-likeness (QED) is 0.429. The maximum Gasteiger partial charge on any atom is 0.311 e. The van der Waals surface area contributed by atoms with E-state index in [9.17, 15) is 10.1 Å². The van der Waals surface area contributed by atoms with Gasteiger partial charge in [0, 0.05) is 24.9 Å². The van der Waals surface area contributed by atoms with Gasteiger partial charge in [-0.05, 0) is 18.7 Å². The normalized spacial score (nSPS) is 10.1. The summed E-state index contributed by atoms with van der Waals surface area (Å²) in [6, 6.07) is 3.11. The van der Waals surface area contributed by atoms with E-state index in [-0.39, 0.29) is 5.69 Å². The van der Waals surface area contributed by atoms with Gasteiger partial charge in [0.25, 0.3) is 0 Å². The first-order valence-electron chi connectivity index (χ1n) is 5.81. The molecule has 0 aromatic carbocycles. The average molecular weight is 270 g/mol. The first-order valence-corrected chi connectivity index (χ1v) is 7.20. The summed E-state index contributed by atoms with van der Waals surface area (Å²) in [5.41, 5.74) is 0.0122. The zero-order valence-corrected chi connectivity index (χ0v) is 11.4. The van der Waals surface area contributed by atoms with Gasteiger partial charge in [-0.3, -0.25) is 10.1 Å². The zero-order chi connectivity index (χ0) is 13.4. The lowest BCUT2D eigenvalue weighted by Gasteiger charge is -2.08. The molecule has 0 spiro atoms. The highest BCUT2D eigenvalue weighted by molar-refractivity contribution is 7.98. The summed E-state index contributed by atoms with van der Waals surface area (Å²) in [5.74, 6) is 1.87. The van der Waals surface area contributed by atoms with E-state index in [2.05, 4.69) is 22.5 Å². The van der Waals surface area contributed by atoms with Gasteiger partial charge in [0.1, 0.15) is 5.82 Å². The van der Waals surface area contributed by atoms with Crippen molar-refractivity contribution in [3.05, 3.63) is 22.2 Å². The van der Waals surface area contributed by atoms with Crippen molar-refractivity contribution in [3.8, 4) is 0 Å². The van der Waals surface area contributed by atoms with Gasteiger partial charge >= 0.3 is 5.69 Å². The number of thioether (sulfide) groups is 1. The number of nitro groups is 1. The van der Waals surface area contributed by atoms with Gasteiger partial charge in [-0.1, -0.05) is 6.92 Å². The number of rotatable bonds is 8. The average Bonchev–Trinajstić information content (AvgIpc) is 2.36. The Balaban J connectivity index is 2.82. The number of pyridine rings is 1. The van der Waals surface area contributed by atoms with Crippen molar-refractivity contribution in [2.75, 3.05) is 35.7 Å². The van der Waals surface area contributed by atoms with E-state index >= 15 is 0 Å². The summed E-state index contributed by atoms with van der Waals surface area (Å²) in [7, 11) is 0. The Bertz CT molecular complexity index is 401. The smallest absolute Gasteiger partial charge is 0.311 e. The molecule has 0 atom stereocenters. The monoisotopic (exact) mass is 270 g/mol. The van der Waals surface area contributed by atoms with Crippen LogP contribution in [0, 0.1) is 10.1 Å². The minimum absolute atomic E-state index is 0.0122. The molecule has 0 radical (unpaired) electrons. The van der Waals surface area contributed by atoms with Crippen molar-refractivity contribution in [1.29, 1.82) is 0 Å². The number of hydrogen-bond donors (Lipinski definition) is 2. The molecule has 7 heteroatoms. The van der Waals surface area contributed by atoms with Gasteiger partial charge in [0.15, 0.2) is 0 Å². The van der Waals surface area contributed by atoms with E-state index in [1.807, 2.05) is 6.26 Å². The van der Waals surface area contributed by atoms with Crippen molar-refractivity contribution < 1.29 is 4.92 Å². The summed E-state index contributed by atoms with van der Waals surface area (Å²) in [6.07, 6.45) is 2.97. The summed E-state index contributed by atoms with van der Waals surface area (Å²) in [4.78, 5) is 14.7. The molecule has 0 unspecified atom stereocenters. The van der Waals surface area contributed by atoms with E-state index in [1.165, 1.54) is 6.07 Å². The van der Waals surface area contributed by atoms with Gasteiger partial charge in [-0.25, -0.2) is 4.98 Å². The molecule has 100 valence electrons. The van der Waals surface area contributed by atoms with Crippen molar-refractivity contribution >= 4 is 29.1 Å². The third-order valence-electron chi connectivity index (χ3n) is 2.23. The van der Waals surface area contributed by atoms with Gasteiger partial charge in [-0.15, -0.1) is 0 Å². The minimum Gasteiger partial charge on any atom is -0.370 e. The van der Waals surface area contributed by atoms with Gasteiger partial charge in [0.05, 0.1) is 4.92 Å². The number of nitrogens with one attached hydrogen (secondary N) is 2. The lowest BCUT2D eigenvalue weighted by atomic mass is 10.3. The molecular formula is C11H18N4O2S. The number of anilines is 2. The fraction of sp³-hybridized carbons (Fsp3) is 0.545. The summed E-state index contributed by atoms with van der Waals surface area (Å²) in [5, 5.41) is 17.0. The SMILES string of the molecule is CCCNc1ccc([N+](=O)[O-])c(NCCSC)n1. The van der Waals surface area contributed by atoms with Crippen molar-refractivity contribution in [3.63, 3.8) is 0 Å². The molecule has 0 aliphatic heterocycles. The van der Waals surface area contributed by atoms with Crippen LogP contribution < -0.4 is 10.6 Å². The van der Waals surface area contributed by atoms with Crippen LogP contribution in [-0.2, 0) is 0 Å². The van der Waals surface area contributed by atoms with Crippen LogP contribution in [0.2, 0.25) is 0 Å². The molecule has 0 fully saturated rings. The molecule has 0 aliphatic carbocycles. The zero-order valence-electron chi connectivity index (χ0n) is 10.6. The molecule has 0 saturated carbocycles. The van der Waals surface area contributed by atoms with Crippen LogP contribution >= 0.6 is 11.8 Å². The number of nitrogens with zero attached hydrogens (tertiary/aromatic N) is 2. The van der Waals surface area contributed by atoms with E-state index in [1.54, 1.807) is 17.8 Å². The molecule has 0 saturated heterocycles. The Kier molecular flexibility index (Phi) is 6.27. The second-order valence-corrected chi connectivity index (χ2v) is 4.65. The molecule has 0 bridgehead atoms. The fourth-order valence-electron chi connectivity index (χ4n) is 1.35. The summed E-state index contributed by atoms with van der Waals surface area (Å²) in [6.45, 7) is 3.51. The highest BCUT2D eigenvalue weighted by Gasteiger charge is 2.15. The largest absolute Gasteiger partial charge is 0.370 e. The predicted molar refractivity (Wildman–Crippen MR) is 76.5 cm³/mol. The minimum atomic E-state index is -0.419. The lowest BCUT2D eigenvalue weighted by Crippen LogP contribution is -2.10. The number of aromatic nitrogens is 1. The first kappa shape index (κ1) is 14.6. The van der Waals surface area contributed by atoms with Crippen LogP contribution in [0.1, 0.15) is 13.3 Å². The Labute approximate surface area is 111 Å². The van der Waals surface area contributed by atoms with Crippen molar-refractivity contribution in [2.24, 2.45) is 0 Å². The van der Waals surface area contributed by atoms with Gasteiger partial charge < -0.3 is 10.6 Å². The second kappa shape index (κ2) is 7.75. The molecular weight excluding hydrogens is 252 g/mol. The van der Waals surface area contributed by atoms with Crippen LogP contribution in [-0.4, -0.2) is 35.0 Å². The molecule has 1 aromatic rings. The first-order chi connectivity index (χ1) is 8.69. The van der Waals surface area contributed by atoms with Crippen LogP contribution in [0.4, 0.5) is 17.3 Å². The third-order valence-corrected chi connectivity index (χ3v) is 2.84. The third kappa shape index (κ3) is 4.40. The van der Waals surface area contributed by atoms with Crippen LogP contribution in [0.25, 0.3) is 0 Å². The fourth-order valence-corrected chi connectivity index (χ4v) is 1.66. The van der Waals surface area contributed by atoms with Crippen LogP contribution in [0.5, 0.6) is 0 Å². The summed E-state index contributed by atoms with van der Waals surface area (Å²) >= 11 is 1.68. The van der Waals surface area contributed by atoms with Crippen LogP contribution in [0.3, 0.4) is 0 Å². The van der Waals surface area contributed by atoms with Crippen LogP contribution in [0.15, 0.2) is 12.1 Å². The highest BCUT2D eigenvalue weighted by atomic mass is 32.2. The topological polar surface area (TPSA) is 80.1 Å². The molecule has 1 rings (SSSR count). The predicted octanol–water partition coefficient (Wildman–Crippen LogP) is 2.59. The van der Waals surface area contributed by atoms with Gasteiger partial charge in [-0.2, -0.15) is 11.8 Å². The standard InChI is InChI=1S/C11H18N4O2S/c1-3-6-12-10-5-4-9(15(16)17)11(14-10)13-7-8-18-2/h4-5H,3,6-8H2,1-2H3,(H2,12,13,14). The second-order valence-electron chi connectivity index (χ2n) is 3.67. The summed E-state index contributed by atoms with van der Waals surface area (Å²) < 4.78 is 0.